The Balaban J connectivity index is 1.15. The highest BCUT2D eigenvalue weighted by Gasteiger charge is 2.68. The van der Waals surface area contributed by atoms with Crippen molar-refractivity contribution in [3.8, 4) is 0 Å². The highest BCUT2D eigenvalue weighted by atomic mass is 16.5. The summed E-state index contributed by atoms with van der Waals surface area (Å²) in [5, 5.41) is 7.33. The monoisotopic (exact) mass is 390 g/mol. The maximum atomic E-state index is 12.4. The average Bonchev–Trinajstić information content (AvgIpc) is 2.91. The van der Waals surface area contributed by atoms with Gasteiger partial charge in [0.2, 0.25) is 5.91 Å². The molecule has 0 saturated heterocycles. The molecule has 5 saturated carbocycles. The third kappa shape index (κ3) is 5.30. The van der Waals surface area contributed by atoms with Crippen LogP contribution in [0, 0.1) is 0 Å². The SMILES string of the molecule is O=C(COC1CCCCCC1)NC12CC(NC3CCCCCCCCC3)(C1)C2. The Morgan fingerprint density at radius 3 is 1.79 bits per heavy atom. The molecule has 0 atom stereocenters. The van der Waals surface area contributed by atoms with Crippen LogP contribution >= 0.6 is 0 Å². The number of rotatable bonds is 6. The van der Waals surface area contributed by atoms with Crippen molar-refractivity contribution in [3.05, 3.63) is 0 Å². The Labute approximate surface area is 171 Å². The fourth-order valence-corrected chi connectivity index (χ4v) is 6.39. The summed E-state index contributed by atoms with van der Waals surface area (Å²) in [7, 11) is 0. The van der Waals surface area contributed by atoms with Crippen LogP contribution in [0.25, 0.3) is 0 Å². The molecule has 28 heavy (non-hydrogen) atoms. The van der Waals surface area contributed by atoms with Crippen molar-refractivity contribution in [2.24, 2.45) is 0 Å². The van der Waals surface area contributed by atoms with Gasteiger partial charge in [-0.3, -0.25) is 4.79 Å². The van der Waals surface area contributed by atoms with Crippen LogP contribution in [0.5, 0.6) is 0 Å². The van der Waals surface area contributed by atoms with Gasteiger partial charge >= 0.3 is 0 Å². The lowest BCUT2D eigenvalue weighted by molar-refractivity contribution is -0.148. The minimum Gasteiger partial charge on any atom is -0.368 e. The van der Waals surface area contributed by atoms with E-state index in [4.69, 9.17) is 4.74 Å². The average molecular weight is 391 g/mol. The van der Waals surface area contributed by atoms with E-state index in [1.54, 1.807) is 0 Å². The summed E-state index contributed by atoms with van der Waals surface area (Å²) in [5.74, 6) is 0.108. The van der Waals surface area contributed by atoms with E-state index in [2.05, 4.69) is 10.6 Å². The molecule has 2 bridgehead atoms. The van der Waals surface area contributed by atoms with Crippen molar-refractivity contribution in [2.75, 3.05) is 6.61 Å². The van der Waals surface area contributed by atoms with E-state index in [9.17, 15) is 4.79 Å². The minimum absolute atomic E-state index is 0.0902. The number of hydrogen-bond acceptors (Lipinski definition) is 3. The van der Waals surface area contributed by atoms with Crippen molar-refractivity contribution in [2.45, 2.75) is 139 Å². The quantitative estimate of drug-likeness (QED) is 0.628. The molecule has 4 heteroatoms. The van der Waals surface area contributed by atoms with Crippen LogP contribution in [-0.4, -0.2) is 35.7 Å². The van der Waals surface area contributed by atoms with Crippen molar-refractivity contribution < 1.29 is 9.53 Å². The van der Waals surface area contributed by atoms with Crippen molar-refractivity contribution in [1.82, 2.24) is 10.6 Å². The fraction of sp³-hybridized carbons (Fsp3) is 0.958. The first kappa shape index (κ1) is 20.7. The van der Waals surface area contributed by atoms with Gasteiger partial charge in [0.05, 0.1) is 6.10 Å². The zero-order valence-electron chi connectivity index (χ0n) is 17.9. The second-order valence-corrected chi connectivity index (χ2v) is 10.5. The van der Waals surface area contributed by atoms with Gasteiger partial charge in [0, 0.05) is 17.1 Å². The largest absolute Gasteiger partial charge is 0.368 e. The molecular formula is C24H42N2O2. The summed E-state index contributed by atoms with van der Waals surface area (Å²) in [4.78, 5) is 12.4. The first-order chi connectivity index (χ1) is 13.7. The number of carbonyl (C=O) groups excluding carboxylic acids is 1. The molecule has 5 aliphatic carbocycles. The van der Waals surface area contributed by atoms with E-state index in [1.165, 1.54) is 83.5 Å². The van der Waals surface area contributed by atoms with Gasteiger partial charge in [-0.1, -0.05) is 70.6 Å². The van der Waals surface area contributed by atoms with Gasteiger partial charge in [0.1, 0.15) is 6.61 Å². The van der Waals surface area contributed by atoms with E-state index in [1.807, 2.05) is 0 Å². The molecule has 0 aromatic heterocycles. The van der Waals surface area contributed by atoms with Crippen LogP contribution in [0.3, 0.4) is 0 Å². The summed E-state index contributed by atoms with van der Waals surface area (Å²) >= 11 is 0. The molecule has 0 spiro atoms. The molecule has 0 aromatic rings. The Hall–Kier alpha value is -0.610. The molecule has 0 heterocycles. The molecule has 0 aliphatic heterocycles. The number of ether oxygens (including phenoxy) is 1. The number of nitrogens with one attached hydrogen (secondary N) is 2. The van der Waals surface area contributed by atoms with Crippen LogP contribution < -0.4 is 10.6 Å². The summed E-state index contributed by atoms with van der Waals surface area (Å²) < 4.78 is 5.92. The van der Waals surface area contributed by atoms with E-state index in [-0.39, 0.29) is 18.1 Å². The highest BCUT2D eigenvalue weighted by molar-refractivity contribution is 5.79. The molecule has 4 nitrogen and oxygen atoms in total. The van der Waals surface area contributed by atoms with Crippen molar-refractivity contribution in [3.63, 3.8) is 0 Å². The van der Waals surface area contributed by atoms with E-state index in [0.717, 1.165) is 32.1 Å². The van der Waals surface area contributed by atoms with Crippen molar-refractivity contribution >= 4 is 5.91 Å². The summed E-state index contributed by atoms with van der Waals surface area (Å²) in [5.41, 5.74) is 0.428. The molecule has 0 unspecified atom stereocenters. The Morgan fingerprint density at radius 2 is 1.21 bits per heavy atom. The smallest absolute Gasteiger partial charge is 0.246 e. The molecule has 0 aromatic carbocycles. The van der Waals surface area contributed by atoms with Crippen LogP contribution in [0.4, 0.5) is 0 Å². The normalized spacial score (nSPS) is 35.3. The van der Waals surface area contributed by atoms with Crippen LogP contribution in [-0.2, 0) is 9.53 Å². The molecule has 5 rings (SSSR count). The van der Waals surface area contributed by atoms with Crippen LogP contribution in [0.2, 0.25) is 0 Å². The van der Waals surface area contributed by atoms with Gasteiger partial charge in [-0.2, -0.15) is 0 Å². The third-order valence-electron chi connectivity index (χ3n) is 7.80. The van der Waals surface area contributed by atoms with Gasteiger partial charge in [0.15, 0.2) is 0 Å². The number of amides is 1. The first-order valence-corrected chi connectivity index (χ1v) is 12.4. The van der Waals surface area contributed by atoms with E-state index < -0.39 is 0 Å². The lowest BCUT2D eigenvalue weighted by atomic mass is 9.44. The van der Waals surface area contributed by atoms with E-state index in [0.29, 0.717) is 17.7 Å². The Morgan fingerprint density at radius 1 is 0.714 bits per heavy atom. The fourth-order valence-electron chi connectivity index (χ4n) is 6.39. The highest BCUT2D eigenvalue weighted by Crippen LogP contribution is 2.60. The Bertz CT molecular complexity index is 483. The molecule has 0 radical (unpaired) electrons. The Kier molecular flexibility index (Phi) is 6.98. The van der Waals surface area contributed by atoms with Crippen LogP contribution in [0.15, 0.2) is 0 Å². The standard InChI is InChI=1S/C24H42N2O2/c27-22(16-28-21-14-10-6-7-11-15-21)26-24-17-23(18-24,19-24)25-20-12-8-4-2-1-3-5-9-13-20/h20-21,25H,1-19H2,(H,26,27). The summed E-state index contributed by atoms with van der Waals surface area (Å²) in [6.45, 7) is 0.259. The topological polar surface area (TPSA) is 50.4 Å². The number of hydrogen-bond donors (Lipinski definition) is 2. The van der Waals surface area contributed by atoms with Crippen molar-refractivity contribution in [1.29, 1.82) is 0 Å². The van der Waals surface area contributed by atoms with Crippen LogP contribution in [0.1, 0.15) is 116 Å². The first-order valence-electron chi connectivity index (χ1n) is 12.4. The summed E-state index contributed by atoms with van der Waals surface area (Å²) in [6.07, 6.45) is 23.7. The zero-order chi connectivity index (χ0) is 19.3. The third-order valence-corrected chi connectivity index (χ3v) is 7.80. The maximum absolute atomic E-state index is 12.4. The summed E-state index contributed by atoms with van der Waals surface area (Å²) in [6, 6.07) is 0.700. The molecule has 160 valence electrons. The lowest BCUT2D eigenvalue weighted by Gasteiger charge is -2.71. The van der Waals surface area contributed by atoms with E-state index >= 15 is 0 Å². The van der Waals surface area contributed by atoms with Gasteiger partial charge in [-0.05, 0) is 44.9 Å². The molecule has 5 aliphatic rings. The second kappa shape index (κ2) is 9.47. The second-order valence-electron chi connectivity index (χ2n) is 10.5. The maximum Gasteiger partial charge on any atom is 0.246 e. The predicted molar refractivity (Wildman–Crippen MR) is 113 cm³/mol. The lowest BCUT2D eigenvalue weighted by Crippen LogP contribution is -2.84. The minimum atomic E-state index is 0.0902. The van der Waals surface area contributed by atoms with Gasteiger partial charge in [-0.25, -0.2) is 0 Å². The molecule has 1 amide bonds. The number of carbonyl (C=O) groups is 1. The molecule has 5 fully saturated rings. The van der Waals surface area contributed by atoms with Gasteiger partial charge in [0.25, 0.3) is 0 Å². The molecular weight excluding hydrogens is 348 g/mol. The zero-order valence-corrected chi connectivity index (χ0v) is 17.9. The molecule has 2 N–H and O–H groups in total. The van der Waals surface area contributed by atoms with Gasteiger partial charge < -0.3 is 15.4 Å². The predicted octanol–water partition coefficient (Wildman–Crippen LogP) is 5.00. The van der Waals surface area contributed by atoms with Gasteiger partial charge in [-0.15, -0.1) is 0 Å².